The Morgan fingerprint density at radius 1 is 0.472 bits per heavy atom. The molecule has 3 heteroatoms. The number of hydrogen-bond donors (Lipinski definition) is 0. The fraction of sp³-hybridized carbons (Fsp3) is 1.00. The van der Waals surface area contributed by atoms with E-state index in [9.17, 15) is 0 Å². The molecule has 10 unspecified atom stereocenters. The fourth-order valence-electron chi connectivity index (χ4n) is 12.0. The number of hydrogen-bond acceptors (Lipinski definition) is 3. The highest BCUT2D eigenvalue weighted by atomic mass is 32.2. The molecule has 0 aromatic rings. The van der Waals surface area contributed by atoms with Gasteiger partial charge in [0.05, 0.1) is 0 Å². The summed E-state index contributed by atoms with van der Waals surface area (Å²) in [4.78, 5) is 0. The van der Waals surface area contributed by atoms with Crippen molar-refractivity contribution in [3.63, 3.8) is 0 Å². The molecule has 2 nitrogen and oxygen atoms in total. The van der Waals surface area contributed by atoms with Gasteiger partial charge in [0.15, 0.2) is 0 Å². The van der Waals surface area contributed by atoms with Gasteiger partial charge in [-0.3, -0.25) is 0 Å². The van der Waals surface area contributed by atoms with E-state index in [1.807, 2.05) is 0 Å². The van der Waals surface area contributed by atoms with Crippen molar-refractivity contribution in [2.45, 2.75) is 157 Å². The number of rotatable bonds is 3. The third-order valence-electron chi connectivity index (χ3n) is 13.6. The number of fused-ring (bicyclic) bond motifs is 7. The van der Waals surface area contributed by atoms with Gasteiger partial charge in [0, 0.05) is 35.2 Å². The normalized spacial score (nSPS) is 50.7. The van der Waals surface area contributed by atoms with Crippen LogP contribution in [0.3, 0.4) is 0 Å². The molecule has 3 heterocycles. The van der Waals surface area contributed by atoms with Gasteiger partial charge >= 0.3 is 0 Å². The van der Waals surface area contributed by atoms with Crippen LogP contribution < -0.4 is 0 Å². The molecule has 5 saturated carbocycles. The van der Waals surface area contributed by atoms with Gasteiger partial charge < -0.3 is 0 Å². The van der Waals surface area contributed by atoms with Crippen molar-refractivity contribution in [1.29, 1.82) is 0 Å². The van der Waals surface area contributed by atoms with Crippen LogP contribution in [-0.2, 0) is 0 Å². The average Bonchev–Trinajstić information content (AvgIpc) is 3.45. The monoisotopic (exact) mass is 510 g/mol. The molecule has 36 heavy (non-hydrogen) atoms. The zero-order chi connectivity index (χ0) is 23.6. The molecule has 0 spiro atoms. The summed E-state index contributed by atoms with van der Waals surface area (Å²) in [5.41, 5.74) is 0. The second kappa shape index (κ2) is 10.0. The van der Waals surface area contributed by atoms with Crippen molar-refractivity contribution in [2.75, 3.05) is 6.54 Å². The van der Waals surface area contributed by atoms with E-state index in [1.54, 1.807) is 57.8 Å². The molecule has 10 atom stereocenters. The van der Waals surface area contributed by atoms with Gasteiger partial charge in [-0.1, -0.05) is 64.2 Å². The van der Waals surface area contributed by atoms with Crippen molar-refractivity contribution in [3.8, 4) is 0 Å². The summed E-state index contributed by atoms with van der Waals surface area (Å²) in [5.74, 6) is 7.39. The predicted octanol–water partition coefficient (Wildman–Crippen LogP) is 8.31. The standard InChI is InChI=1S/C33H54N2S/c1-3-9-22(10-4-1)24-15-16-27-30(21-24)35(34-20-19-28(34)23-11-5-2-6-12-23)29-18-17-26-25-13-7-8-14-31(25)36-33(26)32(27)29/h22-33H,1-21H2. The topological polar surface area (TPSA) is 6.48 Å². The van der Waals surface area contributed by atoms with E-state index in [2.05, 4.69) is 21.8 Å². The summed E-state index contributed by atoms with van der Waals surface area (Å²) < 4.78 is 0. The van der Waals surface area contributed by atoms with Crippen LogP contribution in [0.15, 0.2) is 0 Å². The maximum Gasteiger partial charge on any atom is 0.0291 e. The second-order valence-electron chi connectivity index (χ2n) is 15.0. The maximum atomic E-state index is 3.23. The Labute approximate surface area is 226 Å². The molecule has 202 valence electrons. The van der Waals surface area contributed by atoms with E-state index < -0.39 is 0 Å². The van der Waals surface area contributed by atoms with Crippen LogP contribution >= 0.6 is 11.8 Å². The maximum absolute atomic E-state index is 3.23. The summed E-state index contributed by atoms with van der Waals surface area (Å²) in [6.07, 6.45) is 30.9. The quantitative estimate of drug-likeness (QED) is 0.377. The van der Waals surface area contributed by atoms with Crippen molar-refractivity contribution in [2.24, 2.45) is 41.4 Å². The van der Waals surface area contributed by atoms with Gasteiger partial charge in [0.2, 0.25) is 0 Å². The van der Waals surface area contributed by atoms with Crippen LogP contribution in [0.5, 0.6) is 0 Å². The van der Waals surface area contributed by atoms with E-state index in [1.165, 1.54) is 77.2 Å². The minimum Gasteiger partial charge on any atom is -0.238 e. The average molecular weight is 511 g/mol. The molecule has 8 rings (SSSR count). The van der Waals surface area contributed by atoms with E-state index in [0.717, 1.165) is 70.1 Å². The molecular weight excluding hydrogens is 456 g/mol. The number of nitrogens with zero attached hydrogens (tertiary/aromatic N) is 2. The first-order chi connectivity index (χ1) is 17.9. The minimum atomic E-state index is 0.908. The smallest absolute Gasteiger partial charge is 0.0291 e. The molecule has 0 aromatic carbocycles. The highest BCUT2D eigenvalue weighted by Gasteiger charge is 2.62. The molecule has 0 aromatic heterocycles. The van der Waals surface area contributed by atoms with E-state index in [4.69, 9.17) is 0 Å². The van der Waals surface area contributed by atoms with Gasteiger partial charge in [-0.15, -0.1) is 0 Å². The highest BCUT2D eigenvalue weighted by molar-refractivity contribution is 8.00. The van der Waals surface area contributed by atoms with Gasteiger partial charge in [0.1, 0.15) is 0 Å². The largest absolute Gasteiger partial charge is 0.238 e. The zero-order valence-corrected chi connectivity index (χ0v) is 23.9. The summed E-state index contributed by atoms with van der Waals surface area (Å²) in [7, 11) is 0. The molecule has 5 aliphatic carbocycles. The Balaban J connectivity index is 1.08. The molecule has 0 radical (unpaired) electrons. The van der Waals surface area contributed by atoms with Crippen LogP contribution in [-0.4, -0.2) is 45.2 Å². The first-order valence-corrected chi connectivity index (χ1v) is 18.0. The van der Waals surface area contributed by atoms with Gasteiger partial charge in [-0.25, -0.2) is 10.0 Å². The Kier molecular flexibility index (Phi) is 6.71. The fourth-order valence-corrected chi connectivity index (χ4v) is 14.3. The van der Waals surface area contributed by atoms with E-state index in [-0.39, 0.29) is 0 Å². The summed E-state index contributed by atoms with van der Waals surface area (Å²) >= 11 is 2.56. The minimum absolute atomic E-state index is 0.908. The number of hydrazine groups is 1. The lowest BCUT2D eigenvalue weighted by Crippen LogP contribution is -2.64. The Hall–Kier alpha value is 0.270. The third-order valence-corrected chi connectivity index (χ3v) is 15.5. The van der Waals surface area contributed by atoms with Crippen LogP contribution in [0.2, 0.25) is 0 Å². The molecule has 8 aliphatic rings. The third kappa shape index (κ3) is 3.93. The molecule has 0 N–H and O–H groups in total. The molecule has 3 aliphatic heterocycles. The van der Waals surface area contributed by atoms with Crippen LogP contribution in [0.1, 0.15) is 128 Å². The first kappa shape index (κ1) is 24.1. The Bertz CT molecular complexity index is 774. The van der Waals surface area contributed by atoms with Crippen LogP contribution in [0.25, 0.3) is 0 Å². The van der Waals surface area contributed by atoms with E-state index in [0.29, 0.717) is 0 Å². The van der Waals surface area contributed by atoms with Crippen molar-refractivity contribution in [1.82, 2.24) is 10.0 Å². The van der Waals surface area contributed by atoms with Crippen LogP contribution in [0, 0.1) is 41.4 Å². The van der Waals surface area contributed by atoms with Crippen molar-refractivity contribution >= 4 is 11.8 Å². The molecule has 0 amide bonds. The van der Waals surface area contributed by atoms with Crippen molar-refractivity contribution < 1.29 is 0 Å². The SMILES string of the molecule is C1CCC(C2CCC3C4C5SC6CCCCC6C5CCC4N(N4CCC4C4CCCCC4)C3C2)CC1. The van der Waals surface area contributed by atoms with Crippen molar-refractivity contribution in [3.05, 3.63) is 0 Å². The molecule has 0 bridgehead atoms. The summed E-state index contributed by atoms with van der Waals surface area (Å²) in [5, 5.41) is 8.37. The van der Waals surface area contributed by atoms with E-state index >= 15 is 0 Å². The van der Waals surface area contributed by atoms with Gasteiger partial charge in [0.25, 0.3) is 0 Å². The zero-order valence-electron chi connectivity index (χ0n) is 23.1. The number of thioether (sulfide) groups is 1. The second-order valence-corrected chi connectivity index (χ2v) is 16.4. The lowest BCUT2D eigenvalue weighted by atomic mass is 9.63. The van der Waals surface area contributed by atoms with Gasteiger partial charge in [-0.05, 0) is 106 Å². The summed E-state index contributed by atoms with van der Waals surface area (Å²) in [6.45, 7) is 1.40. The molecule has 3 saturated heterocycles. The predicted molar refractivity (Wildman–Crippen MR) is 152 cm³/mol. The molecular formula is C33H54N2S. The van der Waals surface area contributed by atoms with Crippen LogP contribution in [0.4, 0.5) is 0 Å². The Morgan fingerprint density at radius 2 is 1.19 bits per heavy atom. The molecule has 8 fully saturated rings. The van der Waals surface area contributed by atoms with Gasteiger partial charge in [-0.2, -0.15) is 11.8 Å². The first-order valence-electron chi connectivity index (χ1n) is 17.1. The lowest BCUT2D eigenvalue weighted by Gasteiger charge is -2.55. The Morgan fingerprint density at radius 3 is 1.97 bits per heavy atom. The highest BCUT2D eigenvalue weighted by Crippen LogP contribution is 2.63. The lowest BCUT2D eigenvalue weighted by molar-refractivity contribution is -0.180. The summed E-state index contributed by atoms with van der Waals surface area (Å²) in [6, 6.07) is 2.73.